The molecule has 2 aliphatic rings. The highest BCUT2D eigenvalue weighted by Gasteiger charge is 2.56. The lowest BCUT2D eigenvalue weighted by molar-refractivity contribution is 0.0819. The Morgan fingerprint density at radius 3 is 2.66 bits per heavy atom. The van der Waals surface area contributed by atoms with Gasteiger partial charge < -0.3 is 5.11 Å². The lowest BCUT2D eigenvalue weighted by Gasteiger charge is -2.42. The fraction of sp³-hybridized carbons (Fsp3) is 0.440. The molecule has 2 fully saturated rings. The first-order valence-corrected chi connectivity index (χ1v) is 12.5. The van der Waals surface area contributed by atoms with Crippen molar-refractivity contribution in [2.75, 3.05) is 13.7 Å². The van der Waals surface area contributed by atoms with E-state index in [4.69, 9.17) is 0 Å². The van der Waals surface area contributed by atoms with Gasteiger partial charge in [-0.2, -0.15) is 5.26 Å². The van der Waals surface area contributed by atoms with E-state index in [9.17, 15) is 18.8 Å². The van der Waals surface area contributed by atoms with Crippen LogP contribution in [0, 0.1) is 35.0 Å². The van der Waals surface area contributed by atoms with E-state index in [1.165, 1.54) is 4.31 Å². The van der Waals surface area contributed by atoms with Gasteiger partial charge in [0.2, 0.25) is 10.0 Å². The Morgan fingerprint density at radius 1 is 1.25 bits per heavy atom. The minimum Gasteiger partial charge on any atom is -0.395 e. The monoisotopic (exact) mass is 451 g/mol. The van der Waals surface area contributed by atoms with Crippen molar-refractivity contribution in [2.45, 2.75) is 31.6 Å². The standard InChI is InChI=1S/C25H29N3O3S/c1-16-12-23-25(24(15-29)32(30,31)28(23)3)21(17(16)2)11-10-20-9-8-19(14-27-20)22-7-5-4-6-18(22)13-26/h4-11,14,16-17,21,23-25,29H,12,15H2,1-3H3/b11-10+/t16-,17+,21-,23+,24+,25-/m0/s1. The van der Waals surface area contributed by atoms with Gasteiger partial charge in [-0.15, -0.1) is 0 Å². The highest BCUT2D eigenvalue weighted by Crippen LogP contribution is 2.49. The van der Waals surface area contributed by atoms with E-state index in [-0.39, 0.29) is 24.5 Å². The van der Waals surface area contributed by atoms with Gasteiger partial charge in [0.1, 0.15) is 5.25 Å². The molecular weight excluding hydrogens is 422 g/mol. The van der Waals surface area contributed by atoms with Crippen molar-refractivity contribution in [2.24, 2.45) is 23.7 Å². The number of rotatable bonds is 4. The maximum Gasteiger partial charge on any atom is 0.219 e. The van der Waals surface area contributed by atoms with Crippen LogP contribution in [0.25, 0.3) is 17.2 Å². The molecule has 1 aromatic carbocycles. The number of nitriles is 1. The Kier molecular flexibility index (Phi) is 6.22. The van der Waals surface area contributed by atoms with Crippen molar-refractivity contribution in [1.82, 2.24) is 9.29 Å². The van der Waals surface area contributed by atoms with E-state index in [1.54, 1.807) is 19.3 Å². The number of aliphatic hydroxyl groups is 1. The molecule has 1 saturated heterocycles. The van der Waals surface area contributed by atoms with E-state index in [0.29, 0.717) is 17.4 Å². The molecule has 1 N–H and O–H groups in total. The van der Waals surface area contributed by atoms with Crippen molar-refractivity contribution in [3.63, 3.8) is 0 Å². The van der Waals surface area contributed by atoms with Crippen molar-refractivity contribution in [3.05, 3.63) is 59.9 Å². The van der Waals surface area contributed by atoms with Crippen molar-refractivity contribution < 1.29 is 13.5 Å². The van der Waals surface area contributed by atoms with Crippen LogP contribution >= 0.6 is 0 Å². The van der Waals surface area contributed by atoms with Gasteiger partial charge >= 0.3 is 0 Å². The number of aromatic nitrogens is 1. The first-order chi connectivity index (χ1) is 15.3. The van der Waals surface area contributed by atoms with E-state index in [1.807, 2.05) is 36.4 Å². The Hall–Kier alpha value is -2.53. The Balaban J connectivity index is 1.62. The molecule has 32 heavy (non-hydrogen) atoms. The van der Waals surface area contributed by atoms with Gasteiger partial charge in [0.05, 0.1) is 23.9 Å². The average Bonchev–Trinajstić information content (AvgIpc) is 2.99. The second-order valence-corrected chi connectivity index (χ2v) is 11.3. The van der Waals surface area contributed by atoms with Gasteiger partial charge in [0.15, 0.2) is 0 Å². The summed E-state index contributed by atoms with van der Waals surface area (Å²) in [5.41, 5.74) is 3.11. The number of hydrogen-bond donors (Lipinski definition) is 1. The summed E-state index contributed by atoms with van der Waals surface area (Å²) in [6, 6.07) is 13.4. The maximum atomic E-state index is 12.9. The molecule has 0 amide bonds. The summed E-state index contributed by atoms with van der Waals surface area (Å²) >= 11 is 0. The molecule has 1 aromatic heterocycles. The number of benzene rings is 1. The SMILES string of the molecule is C[C@H]1[C@H](/C=C/c2ccc(-c3ccccc3C#N)cn2)[C@H]2[C@@H](C[C@@H]1C)N(C)S(=O)(=O)[C@@H]2CO. The number of hydrogen-bond acceptors (Lipinski definition) is 5. The van der Waals surface area contributed by atoms with Crippen molar-refractivity contribution >= 4 is 16.1 Å². The zero-order valence-electron chi connectivity index (χ0n) is 18.6. The van der Waals surface area contributed by atoms with Gasteiger partial charge in [0.25, 0.3) is 0 Å². The first kappa shape index (κ1) is 22.7. The van der Waals surface area contributed by atoms with Gasteiger partial charge in [-0.3, -0.25) is 4.98 Å². The second kappa shape index (κ2) is 8.78. The highest BCUT2D eigenvalue weighted by atomic mass is 32.2. The molecular formula is C25H29N3O3S. The number of aliphatic hydroxyl groups excluding tert-OH is 1. The summed E-state index contributed by atoms with van der Waals surface area (Å²) in [5.74, 6) is 0.560. The quantitative estimate of drug-likeness (QED) is 0.767. The average molecular weight is 452 g/mol. The first-order valence-electron chi connectivity index (χ1n) is 11.0. The summed E-state index contributed by atoms with van der Waals surface area (Å²) in [6.07, 6.45) is 6.61. The Bertz CT molecular complexity index is 1150. The predicted octanol–water partition coefficient (Wildman–Crippen LogP) is 3.55. The summed E-state index contributed by atoms with van der Waals surface area (Å²) in [7, 11) is -1.85. The van der Waals surface area contributed by atoms with Crippen LogP contribution < -0.4 is 0 Å². The largest absolute Gasteiger partial charge is 0.395 e. The van der Waals surface area contributed by atoms with Crippen LogP contribution in [0.3, 0.4) is 0 Å². The van der Waals surface area contributed by atoms with Crippen LogP contribution in [-0.4, -0.2) is 47.8 Å². The molecule has 0 radical (unpaired) electrons. The van der Waals surface area contributed by atoms with Crippen LogP contribution in [0.5, 0.6) is 0 Å². The van der Waals surface area contributed by atoms with Crippen molar-refractivity contribution in [1.29, 1.82) is 5.26 Å². The summed E-state index contributed by atoms with van der Waals surface area (Å²) in [4.78, 5) is 4.55. The van der Waals surface area contributed by atoms with Gasteiger partial charge in [-0.1, -0.05) is 44.2 Å². The minimum atomic E-state index is -3.50. The minimum absolute atomic E-state index is 0.0291. The Labute approximate surface area is 190 Å². The number of sulfonamides is 1. The molecule has 7 heteroatoms. The predicted molar refractivity (Wildman–Crippen MR) is 125 cm³/mol. The molecule has 0 bridgehead atoms. The fourth-order valence-corrected chi connectivity index (χ4v) is 7.43. The van der Waals surface area contributed by atoms with Crippen molar-refractivity contribution in [3.8, 4) is 17.2 Å². The third kappa shape index (κ3) is 3.77. The topological polar surface area (TPSA) is 94.3 Å². The molecule has 0 unspecified atom stereocenters. The normalized spacial score (nSPS) is 32.0. The lowest BCUT2D eigenvalue weighted by Crippen LogP contribution is -2.45. The van der Waals surface area contributed by atoms with Gasteiger partial charge in [-0.25, -0.2) is 12.7 Å². The zero-order valence-corrected chi connectivity index (χ0v) is 19.4. The molecule has 4 rings (SSSR count). The molecule has 6 nitrogen and oxygen atoms in total. The van der Waals surface area contributed by atoms with E-state index in [2.05, 4.69) is 31.0 Å². The molecule has 1 aliphatic carbocycles. The molecule has 0 spiro atoms. The third-order valence-corrected chi connectivity index (χ3v) is 9.80. The molecule has 2 aromatic rings. The highest BCUT2D eigenvalue weighted by molar-refractivity contribution is 7.90. The zero-order chi connectivity index (χ0) is 23.0. The number of pyridine rings is 1. The molecule has 2 heterocycles. The lowest BCUT2D eigenvalue weighted by atomic mass is 9.64. The smallest absolute Gasteiger partial charge is 0.219 e. The van der Waals surface area contributed by atoms with Crippen LogP contribution in [0.15, 0.2) is 48.7 Å². The van der Waals surface area contributed by atoms with E-state index >= 15 is 0 Å². The fourth-order valence-electron chi connectivity index (χ4n) is 5.45. The third-order valence-electron chi connectivity index (χ3n) is 7.50. The van der Waals surface area contributed by atoms with Crippen LogP contribution in [0.4, 0.5) is 0 Å². The number of allylic oxidation sites excluding steroid dienone is 1. The molecule has 6 atom stereocenters. The van der Waals surface area contributed by atoms with Gasteiger partial charge in [-0.05, 0) is 42.4 Å². The summed E-state index contributed by atoms with van der Waals surface area (Å²) < 4.78 is 27.2. The molecule has 1 aliphatic heterocycles. The maximum absolute atomic E-state index is 12.9. The van der Waals surface area contributed by atoms with Crippen LogP contribution in [0.1, 0.15) is 31.5 Å². The summed E-state index contributed by atoms with van der Waals surface area (Å²) in [5, 5.41) is 18.5. The molecule has 1 saturated carbocycles. The summed E-state index contributed by atoms with van der Waals surface area (Å²) in [6.45, 7) is 3.99. The van der Waals surface area contributed by atoms with E-state index in [0.717, 1.165) is 23.2 Å². The second-order valence-electron chi connectivity index (χ2n) is 9.06. The molecule has 168 valence electrons. The number of nitrogens with zero attached hydrogens (tertiary/aromatic N) is 3. The van der Waals surface area contributed by atoms with Crippen LogP contribution in [-0.2, 0) is 10.0 Å². The number of fused-ring (bicyclic) bond motifs is 1. The van der Waals surface area contributed by atoms with Gasteiger partial charge in [0, 0.05) is 36.3 Å². The Morgan fingerprint density at radius 2 is 2.00 bits per heavy atom. The van der Waals surface area contributed by atoms with E-state index < -0.39 is 15.3 Å². The van der Waals surface area contributed by atoms with Crippen LogP contribution in [0.2, 0.25) is 0 Å².